The van der Waals surface area contributed by atoms with E-state index in [0.29, 0.717) is 5.56 Å². The molecule has 0 aromatic heterocycles. The van der Waals surface area contributed by atoms with Gasteiger partial charge in [0.25, 0.3) is 0 Å². The molecule has 0 unspecified atom stereocenters. The molecule has 0 aliphatic heterocycles. The fourth-order valence-electron chi connectivity index (χ4n) is 1.26. The monoisotopic (exact) mass is 197 g/mol. The third-order valence-corrected chi connectivity index (χ3v) is 2.06. The van der Waals surface area contributed by atoms with Crippen LogP contribution in [0.4, 0.5) is 0 Å². The van der Waals surface area contributed by atoms with E-state index in [-0.39, 0.29) is 18.8 Å². The normalized spacial score (nSPS) is 15.1. The first-order chi connectivity index (χ1) is 6.65. The Bertz CT molecular complexity index is 290. The summed E-state index contributed by atoms with van der Waals surface area (Å²) in [6.07, 6.45) is -0.605. The Hall–Kier alpha value is -1.10. The average molecular weight is 197 g/mol. The van der Waals surface area contributed by atoms with Crippen LogP contribution in [0.3, 0.4) is 0 Å². The Morgan fingerprint density at radius 1 is 1.29 bits per heavy atom. The molecule has 2 atom stereocenters. The van der Waals surface area contributed by atoms with Gasteiger partial charge in [0.05, 0.1) is 12.7 Å². The highest BCUT2D eigenvalue weighted by Crippen LogP contribution is 2.26. The second kappa shape index (κ2) is 4.95. The molecule has 0 aliphatic rings. The van der Waals surface area contributed by atoms with Crippen LogP contribution in [-0.4, -0.2) is 28.0 Å². The van der Waals surface area contributed by atoms with Crippen molar-refractivity contribution in [2.24, 2.45) is 5.73 Å². The predicted molar refractivity (Wildman–Crippen MR) is 52.7 cm³/mol. The second-order valence-corrected chi connectivity index (χ2v) is 3.25. The maximum Gasteiger partial charge on any atom is 0.121 e. The largest absolute Gasteiger partial charge is 0.508 e. The third-order valence-electron chi connectivity index (χ3n) is 2.06. The van der Waals surface area contributed by atoms with Crippen LogP contribution < -0.4 is 5.73 Å². The first kappa shape index (κ1) is 11.0. The predicted octanol–water partition coefficient (Wildman–Crippen LogP) is 0.135. The highest BCUT2D eigenvalue weighted by molar-refractivity contribution is 5.33. The molecule has 0 amide bonds. The summed E-state index contributed by atoms with van der Waals surface area (Å²) in [5, 5.41) is 27.8. The molecular weight excluding hydrogens is 182 g/mol. The summed E-state index contributed by atoms with van der Waals surface area (Å²) in [4.78, 5) is 0. The number of para-hydroxylation sites is 1. The van der Waals surface area contributed by atoms with Crippen molar-refractivity contribution in [1.29, 1.82) is 0 Å². The summed E-state index contributed by atoms with van der Waals surface area (Å²) in [6.45, 7) is -0.176. The van der Waals surface area contributed by atoms with Gasteiger partial charge in [0, 0.05) is 11.6 Å². The highest BCUT2D eigenvalue weighted by atomic mass is 16.3. The molecule has 0 saturated heterocycles. The lowest BCUT2D eigenvalue weighted by atomic mass is 10.0. The molecule has 78 valence electrons. The Kier molecular flexibility index (Phi) is 3.88. The molecule has 1 aromatic rings. The number of phenolic OH excluding ortho intramolecular Hbond substituents is 1. The van der Waals surface area contributed by atoms with Gasteiger partial charge in [0.2, 0.25) is 0 Å². The SMILES string of the molecule is N[C@H](CO)C[C@@H](O)c1ccccc1O. The fraction of sp³-hybridized carbons (Fsp3) is 0.400. The summed E-state index contributed by atoms with van der Waals surface area (Å²) < 4.78 is 0. The summed E-state index contributed by atoms with van der Waals surface area (Å²) in [5.74, 6) is 0.0464. The van der Waals surface area contributed by atoms with Crippen LogP contribution in [-0.2, 0) is 0 Å². The van der Waals surface area contributed by atoms with Crippen molar-refractivity contribution in [3.63, 3.8) is 0 Å². The van der Waals surface area contributed by atoms with Crippen LogP contribution in [0, 0.1) is 0 Å². The number of aromatic hydroxyl groups is 1. The topological polar surface area (TPSA) is 86.7 Å². The minimum absolute atomic E-state index is 0.0464. The molecule has 0 spiro atoms. The Morgan fingerprint density at radius 2 is 1.93 bits per heavy atom. The fourth-order valence-corrected chi connectivity index (χ4v) is 1.26. The van der Waals surface area contributed by atoms with Crippen molar-refractivity contribution in [2.45, 2.75) is 18.6 Å². The summed E-state index contributed by atoms with van der Waals surface area (Å²) in [7, 11) is 0. The van der Waals surface area contributed by atoms with E-state index < -0.39 is 12.1 Å². The maximum atomic E-state index is 9.65. The smallest absolute Gasteiger partial charge is 0.121 e. The molecule has 4 heteroatoms. The molecule has 5 N–H and O–H groups in total. The summed E-state index contributed by atoms with van der Waals surface area (Å²) in [5.41, 5.74) is 5.91. The van der Waals surface area contributed by atoms with Crippen molar-refractivity contribution < 1.29 is 15.3 Å². The number of aliphatic hydroxyl groups is 2. The minimum Gasteiger partial charge on any atom is -0.508 e. The van der Waals surface area contributed by atoms with Crippen LogP contribution in [0.15, 0.2) is 24.3 Å². The van der Waals surface area contributed by atoms with Crippen LogP contribution in [0.2, 0.25) is 0 Å². The molecule has 0 heterocycles. The Balaban J connectivity index is 2.69. The molecule has 0 saturated carbocycles. The molecule has 0 aliphatic carbocycles. The van der Waals surface area contributed by atoms with Crippen molar-refractivity contribution in [3.8, 4) is 5.75 Å². The average Bonchev–Trinajstić information content (AvgIpc) is 2.18. The molecule has 1 rings (SSSR count). The first-order valence-electron chi connectivity index (χ1n) is 4.47. The molecule has 0 bridgehead atoms. The number of aliphatic hydroxyl groups excluding tert-OH is 2. The molecule has 1 aromatic carbocycles. The van der Waals surface area contributed by atoms with E-state index >= 15 is 0 Å². The second-order valence-electron chi connectivity index (χ2n) is 3.25. The van der Waals surface area contributed by atoms with Crippen LogP contribution in [0.1, 0.15) is 18.1 Å². The number of benzene rings is 1. The lowest BCUT2D eigenvalue weighted by Gasteiger charge is -2.15. The lowest BCUT2D eigenvalue weighted by Crippen LogP contribution is -2.26. The van der Waals surface area contributed by atoms with Crippen molar-refractivity contribution in [1.82, 2.24) is 0 Å². The van der Waals surface area contributed by atoms with Crippen molar-refractivity contribution >= 4 is 0 Å². The van der Waals surface area contributed by atoms with Gasteiger partial charge in [-0.3, -0.25) is 0 Å². The molecule has 14 heavy (non-hydrogen) atoms. The van der Waals surface area contributed by atoms with Crippen molar-refractivity contribution in [2.75, 3.05) is 6.61 Å². The zero-order valence-corrected chi connectivity index (χ0v) is 7.80. The number of nitrogens with two attached hydrogens (primary N) is 1. The van der Waals surface area contributed by atoms with Gasteiger partial charge < -0.3 is 21.1 Å². The van der Waals surface area contributed by atoms with Crippen LogP contribution >= 0.6 is 0 Å². The van der Waals surface area contributed by atoms with Gasteiger partial charge in [-0.2, -0.15) is 0 Å². The lowest BCUT2D eigenvalue weighted by molar-refractivity contribution is 0.137. The maximum absolute atomic E-state index is 9.65. The van der Waals surface area contributed by atoms with Gasteiger partial charge in [-0.05, 0) is 12.5 Å². The number of rotatable bonds is 4. The van der Waals surface area contributed by atoms with Gasteiger partial charge in [-0.1, -0.05) is 18.2 Å². The van der Waals surface area contributed by atoms with Gasteiger partial charge in [0.15, 0.2) is 0 Å². The zero-order valence-electron chi connectivity index (χ0n) is 7.80. The number of hydrogen-bond donors (Lipinski definition) is 4. The van der Waals surface area contributed by atoms with E-state index in [1.54, 1.807) is 18.2 Å². The molecule has 4 nitrogen and oxygen atoms in total. The van der Waals surface area contributed by atoms with E-state index in [9.17, 15) is 10.2 Å². The van der Waals surface area contributed by atoms with Crippen molar-refractivity contribution in [3.05, 3.63) is 29.8 Å². The standard InChI is InChI=1S/C10H15NO3/c11-7(6-12)5-10(14)8-3-1-2-4-9(8)13/h1-4,7,10,12-14H,5-6,11H2/t7-,10+/m0/s1. The van der Waals surface area contributed by atoms with E-state index in [1.807, 2.05) is 0 Å². The van der Waals surface area contributed by atoms with Gasteiger partial charge in [-0.15, -0.1) is 0 Å². The molecule has 0 fully saturated rings. The quantitative estimate of drug-likeness (QED) is 0.553. The van der Waals surface area contributed by atoms with Crippen LogP contribution in [0.25, 0.3) is 0 Å². The van der Waals surface area contributed by atoms with Gasteiger partial charge in [0.1, 0.15) is 5.75 Å². The van der Waals surface area contributed by atoms with Gasteiger partial charge in [-0.25, -0.2) is 0 Å². The highest BCUT2D eigenvalue weighted by Gasteiger charge is 2.14. The van der Waals surface area contributed by atoms with E-state index in [1.165, 1.54) is 6.07 Å². The molecular formula is C10H15NO3. The van der Waals surface area contributed by atoms with Crippen LogP contribution in [0.5, 0.6) is 5.75 Å². The summed E-state index contributed by atoms with van der Waals surface area (Å²) in [6, 6.07) is 6.07. The van der Waals surface area contributed by atoms with Gasteiger partial charge >= 0.3 is 0 Å². The zero-order chi connectivity index (χ0) is 10.6. The Labute approximate surface area is 82.6 Å². The molecule has 0 radical (unpaired) electrons. The Morgan fingerprint density at radius 3 is 2.50 bits per heavy atom. The van der Waals surface area contributed by atoms with E-state index in [2.05, 4.69) is 0 Å². The number of hydrogen-bond acceptors (Lipinski definition) is 4. The van der Waals surface area contributed by atoms with E-state index in [0.717, 1.165) is 0 Å². The van der Waals surface area contributed by atoms with E-state index in [4.69, 9.17) is 10.8 Å². The first-order valence-corrected chi connectivity index (χ1v) is 4.47. The number of phenols is 1. The third kappa shape index (κ3) is 2.70. The summed E-state index contributed by atoms with van der Waals surface area (Å²) >= 11 is 0. The minimum atomic E-state index is -0.835.